The van der Waals surface area contributed by atoms with Gasteiger partial charge in [-0.25, -0.2) is 9.78 Å². The summed E-state index contributed by atoms with van der Waals surface area (Å²) in [5, 5.41) is 11.5. The zero-order valence-corrected chi connectivity index (χ0v) is 10.1. The highest BCUT2D eigenvalue weighted by Crippen LogP contribution is 2.28. The number of pyridine rings is 1. The number of carboxylic acids is 1. The monoisotopic (exact) mass is 262 g/mol. The molecule has 84 valence electrons. The van der Waals surface area contributed by atoms with Crippen molar-refractivity contribution in [2.24, 2.45) is 0 Å². The predicted molar refractivity (Wildman–Crippen MR) is 67.7 cm³/mol. The molecule has 3 rings (SSSR count). The molecule has 0 saturated heterocycles. The van der Waals surface area contributed by atoms with E-state index in [-0.39, 0.29) is 4.88 Å². The van der Waals surface area contributed by atoms with Crippen LogP contribution in [0.1, 0.15) is 9.67 Å². The zero-order valence-electron chi connectivity index (χ0n) is 8.45. The van der Waals surface area contributed by atoms with E-state index in [9.17, 15) is 4.79 Å². The van der Waals surface area contributed by atoms with Gasteiger partial charge in [-0.2, -0.15) is 0 Å². The Hall–Kier alpha value is -1.79. The summed E-state index contributed by atoms with van der Waals surface area (Å²) in [5.74, 6) is -0.945. The highest BCUT2D eigenvalue weighted by atomic mass is 32.1. The third-order valence-electron chi connectivity index (χ3n) is 2.27. The molecule has 0 aliphatic carbocycles. The first-order valence-electron chi connectivity index (χ1n) is 4.77. The lowest BCUT2D eigenvalue weighted by Gasteiger charge is -1.95. The van der Waals surface area contributed by atoms with Crippen molar-refractivity contribution >= 4 is 38.9 Å². The summed E-state index contributed by atoms with van der Waals surface area (Å²) in [6, 6.07) is 3.94. The van der Waals surface area contributed by atoms with Crippen LogP contribution in [0.15, 0.2) is 29.9 Å². The fourth-order valence-corrected chi connectivity index (χ4v) is 2.99. The van der Waals surface area contributed by atoms with Crippen LogP contribution in [0.5, 0.6) is 0 Å². The third-order valence-corrected chi connectivity index (χ3v) is 4.15. The van der Waals surface area contributed by atoms with Gasteiger partial charge >= 0.3 is 5.97 Å². The maximum atomic E-state index is 10.8. The van der Waals surface area contributed by atoms with Crippen LogP contribution in [0.4, 0.5) is 0 Å². The molecule has 0 radical (unpaired) electrons. The molecule has 3 aromatic heterocycles. The van der Waals surface area contributed by atoms with Crippen LogP contribution in [0.2, 0.25) is 0 Å². The van der Waals surface area contributed by atoms with Crippen molar-refractivity contribution in [1.29, 1.82) is 0 Å². The molecule has 0 aliphatic rings. The Morgan fingerprint density at radius 3 is 2.94 bits per heavy atom. The molecule has 0 atom stereocenters. The lowest BCUT2D eigenvalue weighted by atomic mass is 10.3. The van der Waals surface area contributed by atoms with E-state index in [4.69, 9.17) is 5.11 Å². The predicted octanol–water partition coefficient (Wildman–Crippen LogP) is 3.12. The molecule has 17 heavy (non-hydrogen) atoms. The van der Waals surface area contributed by atoms with Crippen molar-refractivity contribution in [3.05, 3.63) is 34.8 Å². The molecule has 0 spiro atoms. The van der Waals surface area contributed by atoms with Crippen molar-refractivity contribution < 1.29 is 9.90 Å². The maximum Gasteiger partial charge on any atom is 0.347 e. The van der Waals surface area contributed by atoms with Crippen molar-refractivity contribution in [3.63, 3.8) is 0 Å². The number of nitrogens with zero attached hydrogens (tertiary/aromatic N) is 2. The van der Waals surface area contributed by atoms with E-state index in [1.165, 1.54) is 6.20 Å². The normalized spacial score (nSPS) is 10.8. The number of rotatable bonds is 2. The number of hydrogen-bond acceptors (Lipinski definition) is 5. The Kier molecular flexibility index (Phi) is 2.38. The van der Waals surface area contributed by atoms with Gasteiger partial charge in [0.15, 0.2) is 0 Å². The summed E-state index contributed by atoms with van der Waals surface area (Å²) in [7, 11) is 0. The molecule has 0 unspecified atom stereocenters. The van der Waals surface area contributed by atoms with Crippen molar-refractivity contribution in [2.45, 2.75) is 0 Å². The number of carbonyl (C=O) groups is 1. The molecule has 4 nitrogen and oxygen atoms in total. The van der Waals surface area contributed by atoms with E-state index >= 15 is 0 Å². The number of fused-ring (bicyclic) bond motifs is 1. The molecule has 0 amide bonds. The first-order valence-corrected chi connectivity index (χ1v) is 6.46. The van der Waals surface area contributed by atoms with Crippen LogP contribution in [0, 0.1) is 0 Å². The van der Waals surface area contributed by atoms with E-state index in [1.54, 1.807) is 17.5 Å². The molecular weight excluding hydrogens is 256 g/mol. The minimum Gasteiger partial charge on any atom is -0.477 e. The molecule has 0 aliphatic heterocycles. The van der Waals surface area contributed by atoms with Crippen LogP contribution in [0.3, 0.4) is 0 Å². The fourth-order valence-electron chi connectivity index (χ4n) is 1.47. The van der Waals surface area contributed by atoms with Crippen LogP contribution in [0.25, 0.3) is 20.8 Å². The number of carboxylic acid groups (broad SMARTS) is 1. The van der Waals surface area contributed by atoms with E-state index in [0.29, 0.717) is 5.01 Å². The van der Waals surface area contributed by atoms with Gasteiger partial charge < -0.3 is 5.11 Å². The Morgan fingerprint density at radius 2 is 2.18 bits per heavy atom. The largest absolute Gasteiger partial charge is 0.477 e. The highest BCUT2D eigenvalue weighted by Gasteiger charge is 2.10. The minimum absolute atomic E-state index is 0.242. The van der Waals surface area contributed by atoms with Crippen molar-refractivity contribution in [1.82, 2.24) is 9.97 Å². The quantitative estimate of drug-likeness (QED) is 0.770. The summed E-state index contributed by atoms with van der Waals surface area (Å²) in [6.45, 7) is 0. The summed E-state index contributed by atoms with van der Waals surface area (Å²) >= 11 is 2.77. The summed E-state index contributed by atoms with van der Waals surface area (Å²) in [4.78, 5) is 19.4. The smallest absolute Gasteiger partial charge is 0.347 e. The lowest BCUT2D eigenvalue weighted by molar-refractivity contribution is 0.0702. The molecular formula is C11H6N2O2S2. The number of hydrogen-bond donors (Lipinski definition) is 1. The third kappa shape index (κ3) is 1.81. The van der Waals surface area contributed by atoms with E-state index in [2.05, 4.69) is 9.97 Å². The number of aromatic carboxylic acids is 1. The molecule has 6 heteroatoms. The van der Waals surface area contributed by atoms with Gasteiger partial charge in [0.2, 0.25) is 0 Å². The van der Waals surface area contributed by atoms with Crippen LogP contribution >= 0.6 is 22.7 Å². The van der Waals surface area contributed by atoms with Gasteiger partial charge in [0.05, 0.1) is 16.4 Å². The molecule has 0 aromatic carbocycles. The van der Waals surface area contributed by atoms with Gasteiger partial charge in [-0.3, -0.25) is 4.98 Å². The second-order valence-corrected chi connectivity index (χ2v) is 5.34. The fraction of sp³-hybridized carbons (Fsp3) is 0. The minimum atomic E-state index is -0.945. The lowest BCUT2D eigenvalue weighted by Crippen LogP contribution is -1.89. The summed E-state index contributed by atoms with van der Waals surface area (Å²) in [6.07, 6.45) is 3.10. The number of thiazole rings is 1. The van der Waals surface area contributed by atoms with Crippen LogP contribution in [-0.4, -0.2) is 21.0 Å². The van der Waals surface area contributed by atoms with Crippen LogP contribution in [-0.2, 0) is 0 Å². The Labute approximate surface area is 104 Å². The van der Waals surface area contributed by atoms with Gasteiger partial charge in [-0.15, -0.1) is 22.7 Å². The number of thiophene rings is 1. The first kappa shape index (κ1) is 10.4. The number of aromatic nitrogens is 2. The first-order chi connectivity index (χ1) is 8.24. The Balaban J connectivity index is 2.09. The molecule has 0 fully saturated rings. The SMILES string of the molecule is O=C(O)c1cnc(-c2cnc3ccsc3c2)s1. The summed E-state index contributed by atoms with van der Waals surface area (Å²) in [5.41, 5.74) is 1.81. The highest BCUT2D eigenvalue weighted by molar-refractivity contribution is 7.17. The van der Waals surface area contributed by atoms with Gasteiger partial charge in [0.1, 0.15) is 9.88 Å². The Bertz CT molecular complexity index is 702. The Morgan fingerprint density at radius 1 is 1.29 bits per heavy atom. The van der Waals surface area contributed by atoms with Gasteiger partial charge in [-0.05, 0) is 17.5 Å². The molecule has 3 heterocycles. The van der Waals surface area contributed by atoms with E-state index in [1.807, 2.05) is 17.5 Å². The second-order valence-electron chi connectivity index (χ2n) is 3.36. The maximum absolute atomic E-state index is 10.8. The van der Waals surface area contributed by atoms with Gasteiger partial charge in [-0.1, -0.05) is 0 Å². The molecule has 0 saturated carbocycles. The van der Waals surface area contributed by atoms with E-state index in [0.717, 1.165) is 27.1 Å². The van der Waals surface area contributed by atoms with Gasteiger partial charge in [0, 0.05) is 11.8 Å². The second kappa shape index (κ2) is 3.90. The standard InChI is InChI=1S/C11H6N2O2S2/c14-11(15)9-5-13-10(17-9)6-3-8-7(12-4-6)1-2-16-8/h1-5H,(H,14,15). The topological polar surface area (TPSA) is 63.1 Å². The molecule has 3 aromatic rings. The van der Waals surface area contributed by atoms with Crippen molar-refractivity contribution in [3.8, 4) is 10.6 Å². The van der Waals surface area contributed by atoms with Crippen LogP contribution < -0.4 is 0 Å². The summed E-state index contributed by atoms with van der Waals surface area (Å²) < 4.78 is 1.08. The molecule has 0 bridgehead atoms. The van der Waals surface area contributed by atoms with E-state index < -0.39 is 5.97 Å². The zero-order chi connectivity index (χ0) is 11.8. The average molecular weight is 262 g/mol. The van der Waals surface area contributed by atoms with Crippen molar-refractivity contribution in [2.75, 3.05) is 0 Å². The molecule has 1 N–H and O–H groups in total. The average Bonchev–Trinajstić information content (AvgIpc) is 2.97. The van der Waals surface area contributed by atoms with Gasteiger partial charge in [0.25, 0.3) is 0 Å².